The van der Waals surface area contributed by atoms with E-state index >= 15 is 0 Å². The molecule has 0 atom stereocenters. The minimum atomic E-state index is 0.396. The molecule has 0 amide bonds. The van der Waals surface area contributed by atoms with Gasteiger partial charge in [0.1, 0.15) is 10.2 Å². The summed E-state index contributed by atoms with van der Waals surface area (Å²) in [5.74, 6) is 0. The molecule has 5 heteroatoms. The van der Waals surface area contributed by atoms with Gasteiger partial charge in [-0.05, 0) is 22.8 Å². The van der Waals surface area contributed by atoms with Crippen LogP contribution in [-0.2, 0) is 0 Å². The van der Waals surface area contributed by atoms with Crippen molar-refractivity contribution in [2.75, 3.05) is 0 Å². The lowest BCUT2D eigenvalue weighted by Gasteiger charge is -1.95. The summed E-state index contributed by atoms with van der Waals surface area (Å²) in [5.41, 5.74) is 0. The Labute approximate surface area is 77.2 Å². The van der Waals surface area contributed by atoms with Crippen molar-refractivity contribution in [1.82, 2.24) is 4.98 Å². The third-order valence-corrected chi connectivity index (χ3v) is 2.38. The molecule has 54 valence electrons. The topological polar surface area (TPSA) is 12.9 Å². The van der Waals surface area contributed by atoms with Crippen LogP contribution in [0.15, 0.2) is 17.2 Å². The molecule has 0 aliphatic carbocycles. The van der Waals surface area contributed by atoms with Gasteiger partial charge in [0, 0.05) is 11.0 Å². The fourth-order valence-electron chi connectivity index (χ4n) is 0.455. The highest BCUT2D eigenvalue weighted by molar-refractivity contribution is 8.21. The monoisotopic (exact) mass is 213 g/mol. The van der Waals surface area contributed by atoms with Crippen LogP contribution in [0.2, 0.25) is 10.2 Å². The lowest BCUT2D eigenvalue weighted by Crippen LogP contribution is -1.78. The standard InChI is InChI=1S/C5H2Cl3NS/c6-3-1-2-4(7)9-5(3)10-8/h1-2H. The van der Waals surface area contributed by atoms with Crippen molar-refractivity contribution in [2.24, 2.45) is 0 Å². The van der Waals surface area contributed by atoms with Crippen molar-refractivity contribution in [3.8, 4) is 0 Å². The Balaban J connectivity index is 3.09. The Morgan fingerprint density at radius 2 is 2.00 bits per heavy atom. The molecular weight excluding hydrogens is 212 g/mol. The van der Waals surface area contributed by atoms with E-state index in [2.05, 4.69) is 4.98 Å². The van der Waals surface area contributed by atoms with Gasteiger partial charge in [-0.3, -0.25) is 0 Å². The molecular formula is C5H2Cl3NS. The van der Waals surface area contributed by atoms with Crippen LogP contribution in [-0.4, -0.2) is 4.98 Å². The van der Waals surface area contributed by atoms with Crippen LogP contribution in [0.3, 0.4) is 0 Å². The number of aromatic nitrogens is 1. The number of hydrogen-bond acceptors (Lipinski definition) is 2. The molecule has 0 aliphatic rings. The van der Waals surface area contributed by atoms with Crippen LogP contribution in [0.1, 0.15) is 0 Å². The summed E-state index contributed by atoms with van der Waals surface area (Å²) in [5, 5.41) is 1.45. The maximum absolute atomic E-state index is 5.67. The summed E-state index contributed by atoms with van der Waals surface area (Å²) < 4.78 is 0. The van der Waals surface area contributed by atoms with Gasteiger partial charge in [0.25, 0.3) is 0 Å². The van der Waals surface area contributed by atoms with Crippen molar-refractivity contribution in [2.45, 2.75) is 5.03 Å². The van der Waals surface area contributed by atoms with E-state index in [1.807, 2.05) is 0 Å². The fraction of sp³-hybridized carbons (Fsp3) is 0. The predicted octanol–water partition coefficient (Wildman–Crippen LogP) is 3.63. The highest BCUT2D eigenvalue weighted by Gasteiger charge is 2.00. The number of hydrogen-bond donors (Lipinski definition) is 0. The van der Waals surface area contributed by atoms with Crippen molar-refractivity contribution in [3.05, 3.63) is 22.3 Å². The summed E-state index contributed by atoms with van der Waals surface area (Å²) in [6, 6.07) is 3.27. The van der Waals surface area contributed by atoms with Crippen LogP contribution in [0.5, 0.6) is 0 Å². The van der Waals surface area contributed by atoms with E-state index < -0.39 is 0 Å². The van der Waals surface area contributed by atoms with Crippen LogP contribution < -0.4 is 0 Å². The maximum Gasteiger partial charge on any atom is 0.132 e. The first-order valence-corrected chi connectivity index (χ1v) is 4.74. The second-order valence-corrected chi connectivity index (χ2v) is 3.30. The van der Waals surface area contributed by atoms with Gasteiger partial charge in [-0.1, -0.05) is 23.2 Å². The molecule has 10 heavy (non-hydrogen) atoms. The zero-order valence-electron chi connectivity index (χ0n) is 4.64. The molecule has 0 spiro atoms. The van der Waals surface area contributed by atoms with Gasteiger partial charge in [0.15, 0.2) is 0 Å². The Bertz CT molecular complexity index is 240. The number of nitrogens with zero attached hydrogens (tertiary/aromatic N) is 1. The maximum atomic E-state index is 5.67. The summed E-state index contributed by atoms with van der Waals surface area (Å²) >= 11 is 11.2. The SMILES string of the molecule is ClSc1nc(Cl)ccc1Cl. The van der Waals surface area contributed by atoms with Gasteiger partial charge in [-0.2, -0.15) is 0 Å². The van der Waals surface area contributed by atoms with E-state index in [0.29, 0.717) is 15.2 Å². The van der Waals surface area contributed by atoms with Crippen LogP contribution in [0.4, 0.5) is 0 Å². The summed E-state index contributed by atoms with van der Waals surface area (Å²) in [7, 11) is 6.37. The van der Waals surface area contributed by atoms with Crippen molar-refractivity contribution < 1.29 is 0 Å². The minimum absolute atomic E-state index is 0.396. The van der Waals surface area contributed by atoms with Crippen LogP contribution >= 0.6 is 44.9 Å². The van der Waals surface area contributed by atoms with Gasteiger partial charge >= 0.3 is 0 Å². The zero-order chi connectivity index (χ0) is 7.56. The van der Waals surface area contributed by atoms with E-state index in [4.69, 9.17) is 33.9 Å². The first-order valence-electron chi connectivity index (χ1n) is 2.34. The van der Waals surface area contributed by atoms with E-state index in [1.54, 1.807) is 12.1 Å². The largest absolute Gasteiger partial charge is 0.227 e. The van der Waals surface area contributed by atoms with Crippen molar-refractivity contribution in [3.63, 3.8) is 0 Å². The first kappa shape index (κ1) is 8.47. The quantitative estimate of drug-likeness (QED) is 0.662. The highest BCUT2D eigenvalue weighted by atomic mass is 35.7. The molecule has 1 heterocycles. The van der Waals surface area contributed by atoms with Gasteiger partial charge in [0.05, 0.1) is 5.02 Å². The minimum Gasteiger partial charge on any atom is -0.227 e. The Hall–Kier alpha value is 0.370. The van der Waals surface area contributed by atoms with Crippen molar-refractivity contribution in [1.29, 1.82) is 0 Å². The van der Waals surface area contributed by atoms with Crippen molar-refractivity contribution >= 4 is 44.9 Å². The molecule has 1 rings (SSSR count). The normalized spacial score (nSPS) is 9.90. The Morgan fingerprint density at radius 3 is 2.50 bits per heavy atom. The second-order valence-electron chi connectivity index (χ2n) is 1.50. The van der Waals surface area contributed by atoms with Gasteiger partial charge in [-0.25, -0.2) is 4.98 Å². The molecule has 0 radical (unpaired) electrons. The Kier molecular flexibility index (Phi) is 3.11. The van der Waals surface area contributed by atoms with E-state index in [0.717, 1.165) is 11.0 Å². The molecule has 0 saturated carbocycles. The molecule has 0 N–H and O–H groups in total. The lowest BCUT2D eigenvalue weighted by molar-refractivity contribution is 1.14. The third-order valence-electron chi connectivity index (χ3n) is 0.853. The first-order chi connectivity index (χ1) is 4.74. The third kappa shape index (κ3) is 1.92. The van der Waals surface area contributed by atoms with E-state index in [1.165, 1.54) is 0 Å². The molecule has 0 saturated heterocycles. The predicted molar refractivity (Wildman–Crippen MR) is 46.0 cm³/mol. The molecule has 1 nitrogen and oxygen atoms in total. The molecule has 1 aromatic rings. The second kappa shape index (κ2) is 3.67. The van der Waals surface area contributed by atoms with Gasteiger partial charge in [0.2, 0.25) is 0 Å². The van der Waals surface area contributed by atoms with E-state index in [-0.39, 0.29) is 0 Å². The van der Waals surface area contributed by atoms with Crippen LogP contribution in [0, 0.1) is 0 Å². The summed E-state index contributed by atoms with van der Waals surface area (Å²) in [4.78, 5) is 3.86. The highest BCUT2D eigenvalue weighted by Crippen LogP contribution is 2.28. The van der Waals surface area contributed by atoms with Gasteiger partial charge < -0.3 is 0 Å². The zero-order valence-corrected chi connectivity index (χ0v) is 7.73. The molecule has 0 bridgehead atoms. The molecule has 0 unspecified atom stereocenters. The molecule has 1 aromatic heterocycles. The summed E-state index contributed by atoms with van der Waals surface area (Å²) in [6.07, 6.45) is 0. The fourth-order valence-corrected chi connectivity index (χ4v) is 1.62. The van der Waals surface area contributed by atoms with Gasteiger partial charge in [-0.15, -0.1) is 0 Å². The summed E-state index contributed by atoms with van der Waals surface area (Å²) in [6.45, 7) is 0. The lowest BCUT2D eigenvalue weighted by atomic mass is 10.5. The average Bonchev–Trinajstić information content (AvgIpc) is 1.94. The average molecular weight is 215 g/mol. The molecule has 0 fully saturated rings. The smallest absolute Gasteiger partial charge is 0.132 e. The van der Waals surface area contributed by atoms with E-state index in [9.17, 15) is 0 Å². The number of halogens is 3. The van der Waals surface area contributed by atoms with Crippen LogP contribution in [0.25, 0.3) is 0 Å². The number of rotatable bonds is 1. The molecule has 0 aliphatic heterocycles. The Morgan fingerprint density at radius 1 is 1.30 bits per heavy atom. The molecule has 0 aromatic carbocycles. The number of pyridine rings is 1.